The number of carboxylic acid groups (broad SMARTS) is 1. The van der Waals surface area contributed by atoms with Crippen molar-refractivity contribution in [3.63, 3.8) is 0 Å². The number of rotatable bonds is 4. The summed E-state index contributed by atoms with van der Waals surface area (Å²) in [4.78, 5) is 27.3. The van der Waals surface area contributed by atoms with Gasteiger partial charge in [0.05, 0.1) is 17.3 Å². The number of aryl methyl sites for hydroxylation is 1. The number of H-pyrrole nitrogens is 1. The molecular formula is C17H20N2O3. The van der Waals surface area contributed by atoms with E-state index < -0.39 is 11.9 Å². The van der Waals surface area contributed by atoms with Crippen LogP contribution in [0.5, 0.6) is 0 Å². The number of fused-ring (bicyclic) bond motifs is 1. The predicted molar refractivity (Wildman–Crippen MR) is 82.5 cm³/mol. The lowest BCUT2D eigenvalue weighted by atomic mass is 10.0. The summed E-state index contributed by atoms with van der Waals surface area (Å²) in [6.45, 7) is 6.58. The molecule has 2 aromatic rings. The summed E-state index contributed by atoms with van der Waals surface area (Å²) >= 11 is 0. The number of carbonyl (C=O) groups is 2. The molecule has 1 aliphatic rings. The summed E-state index contributed by atoms with van der Waals surface area (Å²) in [5, 5.41) is 9.28. The van der Waals surface area contributed by atoms with E-state index in [0.717, 1.165) is 17.0 Å². The maximum absolute atomic E-state index is 12.8. The zero-order valence-corrected chi connectivity index (χ0v) is 13.0. The molecule has 116 valence electrons. The molecule has 0 spiro atoms. The Morgan fingerprint density at radius 3 is 2.68 bits per heavy atom. The first kappa shape index (κ1) is 14.6. The SMILES string of the molecule is Cc1cc2n(c1C(=O)c1ccc(C(C)C)[nH]1)CCC2C(=O)O. The van der Waals surface area contributed by atoms with E-state index in [1.165, 1.54) is 0 Å². The summed E-state index contributed by atoms with van der Waals surface area (Å²) in [5.41, 5.74) is 3.77. The molecule has 0 bridgehead atoms. The number of ketones is 1. The van der Waals surface area contributed by atoms with E-state index >= 15 is 0 Å². The number of hydrogen-bond donors (Lipinski definition) is 2. The van der Waals surface area contributed by atoms with Crippen molar-refractivity contribution >= 4 is 11.8 Å². The van der Waals surface area contributed by atoms with Crippen molar-refractivity contribution in [2.75, 3.05) is 0 Å². The lowest BCUT2D eigenvalue weighted by molar-refractivity contribution is -0.138. The van der Waals surface area contributed by atoms with Gasteiger partial charge in [-0.25, -0.2) is 0 Å². The fourth-order valence-corrected chi connectivity index (χ4v) is 3.21. The molecular weight excluding hydrogens is 280 g/mol. The molecule has 2 N–H and O–H groups in total. The molecule has 0 aliphatic carbocycles. The predicted octanol–water partition coefficient (Wildman–Crippen LogP) is 3.05. The Labute approximate surface area is 129 Å². The summed E-state index contributed by atoms with van der Waals surface area (Å²) in [6, 6.07) is 5.58. The van der Waals surface area contributed by atoms with Crippen LogP contribution in [0.4, 0.5) is 0 Å². The van der Waals surface area contributed by atoms with Gasteiger partial charge in [-0.15, -0.1) is 0 Å². The van der Waals surface area contributed by atoms with Gasteiger partial charge >= 0.3 is 5.97 Å². The smallest absolute Gasteiger partial charge is 0.312 e. The number of aromatic nitrogens is 2. The largest absolute Gasteiger partial charge is 0.481 e. The van der Waals surface area contributed by atoms with Crippen LogP contribution in [-0.4, -0.2) is 26.4 Å². The summed E-state index contributed by atoms with van der Waals surface area (Å²) in [5.74, 6) is -1.06. The third kappa shape index (κ3) is 2.17. The minimum Gasteiger partial charge on any atom is -0.481 e. The monoisotopic (exact) mass is 300 g/mol. The fraction of sp³-hybridized carbons (Fsp3) is 0.412. The zero-order valence-electron chi connectivity index (χ0n) is 13.0. The maximum Gasteiger partial charge on any atom is 0.312 e. The molecule has 0 fully saturated rings. The van der Waals surface area contributed by atoms with Gasteiger partial charge in [0.25, 0.3) is 0 Å². The lowest BCUT2D eigenvalue weighted by Crippen LogP contribution is -2.11. The van der Waals surface area contributed by atoms with Gasteiger partial charge < -0.3 is 14.7 Å². The van der Waals surface area contributed by atoms with E-state index in [9.17, 15) is 14.7 Å². The Bertz CT molecular complexity index is 752. The summed E-state index contributed by atoms with van der Waals surface area (Å²) < 4.78 is 1.87. The van der Waals surface area contributed by atoms with Gasteiger partial charge in [-0.2, -0.15) is 0 Å². The number of carboxylic acids is 1. The van der Waals surface area contributed by atoms with E-state index in [-0.39, 0.29) is 5.78 Å². The molecule has 1 unspecified atom stereocenters. The average molecular weight is 300 g/mol. The number of hydrogen-bond acceptors (Lipinski definition) is 2. The van der Waals surface area contributed by atoms with Gasteiger partial charge in [-0.05, 0) is 43.0 Å². The van der Waals surface area contributed by atoms with Gasteiger partial charge in [0, 0.05) is 17.9 Å². The highest BCUT2D eigenvalue weighted by Crippen LogP contribution is 2.33. The second kappa shape index (κ2) is 5.16. The maximum atomic E-state index is 12.8. The Kier molecular flexibility index (Phi) is 3.43. The number of nitrogens with zero attached hydrogens (tertiary/aromatic N) is 1. The second-order valence-corrected chi connectivity index (χ2v) is 6.24. The molecule has 1 atom stereocenters. The van der Waals surface area contributed by atoms with Crippen LogP contribution in [0, 0.1) is 6.92 Å². The van der Waals surface area contributed by atoms with Crippen LogP contribution in [0.1, 0.15) is 65.2 Å². The standard InChI is InChI=1S/C17H20N2O3/c1-9(2)12-4-5-13(18-12)16(20)15-10(3)8-14-11(17(21)22)6-7-19(14)15/h4-5,8-9,11,18H,6-7H2,1-3H3,(H,21,22). The Morgan fingerprint density at radius 1 is 1.36 bits per heavy atom. The first-order valence-corrected chi connectivity index (χ1v) is 7.56. The molecule has 22 heavy (non-hydrogen) atoms. The first-order valence-electron chi connectivity index (χ1n) is 7.56. The Morgan fingerprint density at radius 2 is 2.09 bits per heavy atom. The average Bonchev–Trinajstić information content (AvgIpc) is 3.10. The van der Waals surface area contributed by atoms with E-state index in [4.69, 9.17) is 0 Å². The summed E-state index contributed by atoms with van der Waals surface area (Å²) in [7, 11) is 0. The molecule has 0 saturated carbocycles. The number of aromatic amines is 1. The lowest BCUT2D eigenvalue weighted by Gasteiger charge is -2.06. The van der Waals surface area contributed by atoms with Gasteiger partial charge in [-0.1, -0.05) is 13.8 Å². The zero-order chi connectivity index (χ0) is 16.0. The van der Waals surface area contributed by atoms with Gasteiger partial charge in [0.2, 0.25) is 5.78 Å². The van der Waals surface area contributed by atoms with Crippen LogP contribution in [0.25, 0.3) is 0 Å². The van der Waals surface area contributed by atoms with Crippen LogP contribution < -0.4 is 0 Å². The highest BCUT2D eigenvalue weighted by atomic mass is 16.4. The Hall–Kier alpha value is -2.30. The second-order valence-electron chi connectivity index (χ2n) is 6.24. The topological polar surface area (TPSA) is 75.1 Å². The van der Waals surface area contributed by atoms with Crippen molar-refractivity contribution in [3.05, 3.63) is 46.5 Å². The molecule has 5 nitrogen and oxygen atoms in total. The number of nitrogens with one attached hydrogen (secondary N) is 1. The van der Waals surface area contributed by atoms with Gasteiger partial charge in [0.15, 0.2) is 0 Å². The third-order valence-corrected chi connectivity index (χ3v) is 4.41. The highest BCUT2D eigenvalue weighted by Gasteiger charge is 2.33. The van der Waals surface area contributed by atoms with Crippen LogP contribution in [0.15, 0.2) is 18.2 Å². The molecule has 3 rings (SSSR count). The van der Waals surface area contributed by atoms with Crippen LogP contribution in [-0.2, 0) is 11.3 Å². The molecule has 1 aliphatic heterocycles. The van der Waals surface area contributed by atoms with Crippen LogP contribution in [0.2, 0.25) is 0 Å². The van der Waals surface area contributed by atoms with Crippen molar-refractivity contribution in [3.8, 4) is 0 Å². The molecule has 2 aromatic heterocycles. The molecule has 0 amide bonds. The van der Waals surface area contributed by atoms with E-state index in [1.807, 2.05) is 23.6 Å². The van der Waals surface area contributed by atoms with Crippen molar-refractivity contribution in [1.82, 2.24) is 9.55 Å². The molecule has 3 heterocycles. The van der Waals surface area contributed by atoms with Gasteiger partial charge in [-0.3, -0.25) is 9.59 Å². The summed E-state index contributed by atoms with van der Waals surface area (Å²) in [6.07, 6.45) is 0.549. The van der Waals surface area contributed by atoms with Crippen LogP contribution >= 0.6 is 0 Å². The number of carbonyl (C=O) groups excluding carboxylic acids is 1. The molecule has 0 saturated heterocycles. The molecule has 0 radical (unpaired) electrons. The van der Waals surface area contributed by atoms with E-state index in [1.54, 1.807) is 6.07 Å². The third-order valence-electron chi connectivity index (χ3n) is 4.41. The van der Waals surface area contributed by atoms with Crippen molar-refractivity contribution in [2.45, 2.75) is 45.6 Å². The fourth-order valence-electron chi connectivity index (χ4n) is 3.21. The number of aliphatic carboxylic acids is 1. The van der Waals surface area contributed by atoms with E-state index in [2.05, 4.69) is 18.8 Å². The molecule has 5 heteroatoms. The highest BCUT2D eigenvalue weighted by molar-refractivity contribution is 6.08. The van der Waals surface area contributed by atoms with Crippen molar-refractivity contribution in [2.24, 2.45) is 0 Å². The first-order chi connectivity index (χ1) is 10.4. The quantitative estimate of drug-likeness (QED) is 0.852. The normalized spacial score (nSPS) is 17.0. The van der Waals surface area contributed by atoms with Crippen molar-refractivity contribution < 1.29 is 14.7 Å². The van der Waals surface area contributed by atoms with Crippen LogP contribution in [0.3, 0.4) is 0 Å². The molecule has 0 aromatic carbocycles. The minimum atomic E-state index is -0.822. The van der Waals surface area contributed by atoms with E-state index in [0.29, 0.717) is 30.3 Å². The Balaban J connectivity index is 2.00. The minimum absolute atomic E-state index is 0.0679. The van der Waals surface area contributed by atoms with Gasteiger partial charge in [0.1, 0.15) is 0 Å². The van der Waals surface area contributed by atoms with Crippen molar-refractivity contribution in [1.29, 1.82) is 0 Å².